The van der Waals surface area contributed by atoms with Crippen molar-refractivity contribution >= 4 is 11.5 Å². The summed E-state index contributed by atoms with van der Waals surface area (Å²) in [5.74, 6) is -0.430. The maximum Gasteiger partial charge on any atom is 0.322 e. The third-order valence-electron chi connectivity index (χ3n) is 5.76. The first-order chi connectivity index (χ1) is 15.2. The number of fused-ring (bicyclic) bond motifs is 2. The second-order valence-electron chi connectivity index (χ2n) is 8.82. The Bertz CT molecular complexity index is 1040. The van der Waals surface area contributed by atoms with Gasteiger partial charge in [0.1, 0.15) is 18.3 Å². The number of hydrogen-bond acceptors (Lipinski definition) is 7. The molecule has 0 saturated heterocycles. The molecule has 32 heavy (non-hydrogen) atoms. The van der Waals surface area contributed by atoms with Crippen LogP contribution in [0.1, 0.15) is 31.9 Å². The van der Waals surface area contributed by atoms with Gasteiger partial charge in [0.25, 0.3) is 0 Å². The lowest BCUT2D eigenvalue weighted by Gasteiger charge is -2.34. The third kappa shape index (κ3) is 4.31. The standard InChI is InChI=1S/C25H32N4O3/c1-14-7-6-8-18(9-14)20-12-29(5)24(31-13-16(3)32-25(30)17(4)26)22-21(20)19-10-15(2)11-27-23(19)28-22/h6-12,16-17,23-24,27-28H,13,26H2,1-5H3. The number of nitrogens with zero attached hydrogens (tertiary/aromatic N) is 1. The minimum Gasteiger partial charge on any atom is -0.459 e. The number of esters is 1. The van der Waals surface area contributed by atoms with Gasteiger partial charge < -0.3 is 30.7 Å². The van der Waals surface area contributed by atoms with Gasteiger partial charge in [-0.15, -0.1) is 0 Å². The van der Waals surface area contributed by atoms with E-state index in [-0.39, 0.29) is 19.0 Å². The number of nitrogens with two attached hydrogens (primary N) is 1. The molecule has 3 aliphatic heterocycles. The van der Waals surface area contributed by atoms with Crippen molar-refractivity contribution in [2.45, 2.75) is 52.2 Å². The molecule has 7 heteroatoms. The smallest absolute Gasteiger partial charge is 0.322 e. The lowest BCUT2D eigenvalue weighted by atomic mass is 9.88. The number of likely N-dealkylation sites (N-methyl/N-ethyl adjacent to an activating group) is 1. The van der Waals surface area contributed by atoms with Gasteiger partial charge in [-0.05, 0) is 38.8 Å². The minimum absolute atomic E-state index is 0.0112. The molecule has 0 radical (unpaired) electrons. The summed E-state index contributed by atoms with van der Waals surface area (Å²) < 4.78 is 11.6. The number of aryl methyl sites for hydroxylation is 1. The zero-order chi connectivity index (χ0) is 23.0. The van der Waals surface area contributed by atoms with Crippen molar-refractivity contribution in [2.75, 3.05) is 13.7 Å². The van der Waals surface area contributed by atoms with Gasteiger partial charge in [-0.2, -0.15) is 0 Å². The van der Waals surface area contributed by atoms with Crippen LogP contribution in [0.5, 0.6) is 0 Å². The average molecular weight is 437 g/mol. The van der Waals surface area contributed by atoms with Crippen LogP contribution in [0.2, 0.25) is 0 Å². The summed E-state index contributed by atoms with van der Waals surface area (Å²) >= 11 is 0. The summed E-state index contributed by atoms with van der Waals surface area (Å²) in [6.07, 6.45) is 5.62. The Morgan fingerprint density at radius 2 is 2.06 bits per heavy atom. The molecule has 4 N–H and O–H groups in total. The highest BCUT2D eigenvalue weighted by molar-refractivity contribution is 5.88. The number of dihydropyridines is 1. The molecule has 0 amide bonds. The largest absolute Gasteiger partial charge is 0.459 e. The van der Waals surface area contributed by atoms with Crippen LogP contribution in [0.25, 0.3) is 5.57 Å². The Morgan fingerprint density at radius 1 is 1.28 bits per heavy atom. The lowest BCUT2D eigenvalue weighted by Crippen LogP contribution is -2.44. The molecule has 0 saturated carbocycles. The molecule has 4 unspecified atom stereocenters. The molecular formula is C25H32N4O3. The predicted molar refractivity (Wildman–Crippen MR) is 125 cm³/mol. The number of ether oxygens (including phenoxy) is 2. The van der Waals surface area contributed by atoms with Gasteiger partial charge >= 0.3 is 5.97 Å². The summed E-state index contributed by atoms with van der Waals surface area (Å²) in [5.41, 5.74) is 13.7. The number of allylic oxidation sites excluding steroid dienone is 3. The van der Waals surface area contributed by atoms with E-state index in [1.54, 1.807) is 6.92 Å². The van der Waals surface area contributed by atoms with Crippen LogP contribution >= 0.6 is 0 Å². The van der Waals surface area contributed by atoms with Crippen LogP contribution in [-0.2, 0) is 14.3 Å². The SMILES string of the molecule is CC1=CNC2NC3=C(C(c4cccc(C)c4)=CN(C)C3OCC(C)OC(=O)C(C)N)C2=C1. The van der Waals surface area contributed by atoms with E-state index in [2.05, 4.69) is 65.9 Å². The molecule has 1 aromatic rings. The highest BCUT2D eigenvalue weighted by atomic mass is 16.6. The van der Waals surface area contributed by atoms with E-state index in [1.165, 1.54) is 16.7 Å². The van der Waals surface area contributed by atoms with Gasteiger partial charge in [-0.1, -0.05) is 35.9 Å². The van der Waals surface area contributed by atoms with Gasteiger partial charge in [0.15, 0.2) is 6.23 Å². The second-order valence-corrected chi connectivity index (χ2v) is 8.82. The maximum atomic E-state index is 11.8. The second kappa shape index (κ2) is 8.84. The Morgan fingerprint density at radius 3 is 2.78 bits per heavy atom. The highest BCUT2D eigenvalue weighted by Crippen LogP contribution is 2.42. The molecule has 7 nitrogen and oxygen atoms in total. The van der Waals surface area contributed by atoms with E-state index in [4.69, 9.17) is 15.2 Å². The molecule has 3 heterocycles. The number of benzene rings is 1. The van der Waals surface area contributed by atoms with E-state index in [0.29, 0.717) is 0 Å². The third-order valence-corrected chi connectivity index (χ3v) is 5.76. The van der Waals surface area contributed by atoms with E-state index >= 15 is 0 Å². The molecule has 0 bridgehead atoms. The van der Waals surface area contributed by atoms with Crippen molar-refractivity contribution in [3.63, 3.8) is 0 Å². The molecule has 170 valence electrons. The number of carbonyl (C=O) groups is 1. The quantitative estimate of drug-likeness (QED) is 0.591. The Hall–Kier alpha value is -3.03. The Balaban J connectivity index is 1.65. The fourth-order valence-corrected chi connectivity index (χ4v) is 4.23. The topological polar surface area (TPSA) is 88.9 Å². The summed E-state index contributed by atoms with van der Waals surface area (Å²) in [6.45, 7) is 7.87. The average Bonchev–Trinajstić information content (AvgIpc) is 3.10. The first kappa shape index (κ1) is 22.2. The zero-order valence-corrected chi connectivity index (χ0v) is 19.3. The lowest BCUT2D eigenvalue weighted by molar-refractivity contribution is -0.154. The molecular weight excluding hydrogens is 404 g/mol. The maximum absolute atomic E-state index is 11.8. The molecule has 4 atom stereocenters. The van der Waals surface area contributed by atoms with Crippen LogP contribution < -0.4 is 16.4 Å². The van der Waals surface area contributed by atoms with Crippen LogP contribution in [0.15, 0.2) is 65.2 Å². The van der Waals surface area contributed by atoms with Crippen LogP contribution in [0.4, 0.5) is 0 Å². The van der Waals surface area contributed by atoms with Crippen LogP contribution in [0, 0.1) is 6.92 Å². The first-order valence-corrected chi connectivity index (χ1v) is 11.0. The minimum atomic E-state index is -0.655. The first-order valence-electron chi connectivity index (χ1n) is 11.0. The van der Waals surface area contributed by atoms with Crippen molar-refractivity contribution < 1.29 is 14.3 Å². The van der Waals surface area contributed by atoms with Crippen molar-refractivity contribution in [1.82, 2.24) is 15.5 Å². The molecule has 4 rings (SSSR count). The van der Waals surface area contributed by atoms with Crippen LogP contribution in [0.3, 0.4) is 0 Å². The number of nitrogens with one attached hydrogen (secondary N) is 2. The fourth-order valence-electron chi connectivity index (χ4n) is 4.23. The van der Waals surface area contributed by atoms with Crippen molar-refractivity contribution in [1.29, 1.82) is 0 Å². The van der Waals surface area contributed by atoms with Gasteiger partial charge in [0, 0.05) is 36.2 Å². The number of hydrogen-bond donors (Lipinski definition) is 3. The summed E-state index contributed by atoms with van der Waals surface area (Å²) in [5, 5.41) is 7.06. The molecule has 1 aromatic carbocycles. The predicted octanol–water partition coefficient (Wildman–Crippen LogP) is 2.52. The van der Waals surface area contributed by atoms with E-state index in [0.717, 1.165) is 22.4 Å². The van der Waals surface area contributed by atoms with E-state index in [9.17, 15) is 4.79 Å². The summed E-state index contributed by atoms with van der Waals surface area (Å²) in [4.78, 5) is 13.9. The number of rotatable bonds is 6. The van der Waals surface area contributed by atoms with Crippen molar-refractivity contribution in [3.05, 3.63) is 76.3 Å². The van der Waals surface area contributed by atoms with Gasteiger partial charge in [-0.3, -0.25) is 4.79 Å². The molecule has 0 fully saturated rings. The molecule has 0 aromatic heterocycles. The molecule has 0 aliphatic carbocycles. The van der Waals surface area contributed by atoms with Gasteiger partial charge in [-0.25, -0.2) is 0 Å². The zero-order valence-electron chi connectivity index (χ0n) is 19.3. The van der Waals surface area contributed by atoms with E-state index < -0.39 is 18.1 Å². The van der Waals surface area contributed by atoms with E-state index in [1.807, 2.05) is 20.2 Å². The highest BCUT2D eigenvalue weighted by Gasteiger charge is 2.40. The monoisotopic (exact) mass is 436 g/mol. The molecule has 0 spiro atoms. The number of carbonyl (C=O) groups excluding carboxylic acids is 1. The Kier molecular flexibility index (Phi) is 6.13. The van der Waals surface area contributed by atoms with Gasteiger partial charge in [0.2, 0.25) is 0 Å². The van der Waals surface area contributed by atoms with Crippen molar-refractivity contribution in [3.8, 4) is 0 Å². The summed E-state index contributed by atoms with van der Waals surface area (Å²) in [6, 6.07) is 7.88. The van der Waals surface area contributed by atoms with Crippen LogP contribution in [-0.4, -0.2) is 49.1 Å². The molecule has 3 aliphatic rings. The fraction of sp³-hybridized carbons (Fsp3) is 0.400. The van der Waals surface area contributed by atoms with Gasteiger partial charge in [0.05, 0.1) is 12.3 Å². The summed E-state index contributed by atoms with van der Waals surface area (Å²) in [7, 11) is 2.00. The Labute approximate surface area is 189 Å². The van der Waals surface area contributed by atoms with Crippen molar-refractivity contribution in [2.24, 2.45) is 5.73 Å². The normalized spacial score (nSPS) is 23.7.